The number of rotatable bonds is 3. The molecule has 1 aromatic rings. The van der Waals surface area contributed by atoms with Gasteiger partial charge < -0.3 is 5.32 Å². The molecule has 1 aromatic heterocycles. The first-order valence-electron chi connectivity index (χ1n) is 7.29. The molecular formula is C14H17N3O2S. The van der Waals surface area contributed by atoms with Crippen LogP contribution < -0.4 is 10.9 Å². The minimum Gasteiger partial charge on any atom is -0.353 e. The van der Waals surface area contributed by atoms with Crippen molar-refractivity contribution in [1.82, 2.24) is 14.9 Å². The third-order valence-electron chi connectivity index (χ3n) is 4.24. The molecule has 1 atom stereocenters. The molecule has 6 heteroatoms. The van der Waals surface area contributed by atoms with Crippen LogP contribution in [0, 0.1) is 0 Å². The summed E-state index contributed by atoms with van der Waals surface area (Å²) < 4.78 is 1.77. The molecule has 1 aliphatic heterocycles. The molecule has 0 bridgehead atoms. The summed E-state index contributed by atoms with van der Waals surface area (Å²) in [4.78, 5) is 29.1. The predicted molar refractivity (Wildman–Crippen MR) is 76.1 cm³/mol. The summed E-state index contributed by atoms with van der Waals surface area (Å²) in [5.41, 5.74) is 1.96. The third-order valence-corrected chi connectivity index (χ3v) is 5.33. The van der Waals surface area contributed by atoms with Crippen LogP contribution in [-0.4, -0.2) is 27.3 Å². The quantitative estimate of drug-likeness (QED) is 0.845. The summed E-state index contributed by atoms with van der Waals surface area (Å²) >= 11 is 1.60. The molecule has 2 heterocycles. The maximum atomic E-state index is 12.6. The van der Waals surface area contributed by atoms with Crippen LogP contribution in [0.4, 0.5) is 0 Å². The molecule has 0 saturated heterocycles. The number of nitrogens with zero attached hydrogens (tertiary/aromatic N) is 2. The first kappa shape index (κ1) is 12.4. The number of fused-ring (bicyclic) bond motifs is 2. The van der Waals surface area contributed by atoms with Gasteiger partial charge in [-0.1, -0.05) is 11.8 Å². The molecule has 1 unspecified atom stereocenters. The van der Waals surface area contributed by atoms with Crippen LogP contribution in [0.15, 0.2) is 9.95 Å². The Morgan fingerprint density at radius 3 is 3.05 bits per heavy atom. The lowest BCUT2D eigenvalue weighted by molar-refractivity contribution is -0.121. The Morgan fingerprint density at radius 2 is 2.25 bits per heavy atom. The second-order valence-corrected chi connectivity index (χ2v) is 6.85. The molecular weight excluding hydrogens is 274 g/mol. The number of nitrogens with one attached hydrogen (secondary N) is 1. The van der Waals surface area contributed by atoms with Gasteiger partial charge in [-0.05, 0) is 32.1 Å². The normalized spacial score (nSPS) is 23.5. The number of hydrogen-bond acceptors (Lipinski definition) is 4. The minimum absolute atomic E-state index is 0.0281. The smallest absolute Gasteiger partial charge is 0.257 e. The monoisotopic (exact) mass is 291 g/mol. The number of aryl methyl sites for hydroxylation is 1. The van der Waals surface area contributed by atoms with Gasteiger partial charge in [-0.25, -0.2) is 4.98 Å². The molecule has 20 heavy (non-hydrogen) atoms. The lowest BCUT2D eigenvalue weighted by Gasteiger charge is -2.14. The second-order valence-electron chi connectivity index (χ2n) is 5.86. The zero-order valence-corrected chi connectivity index (χ0v) is 12.0. The highest BCUT2D eigenvalue weighted by atomic mass is 32.2. The fourth-order valence-electron chi connectivity index (χ4n) is 3.03. The fraction of sp³-hybridized carbons (Fsp3) is 0.643. The highest BCUT2D eigenvalue weighted by molar-refractivity contribution is 7.99. The van der Waals surface area contributed by atoms with E-state index in [1.807, 2.05) is 0 Å². The molecule has 0 aromatic carbocycles. The minimum atomic E-state index is -0.0281. The molecule has 3 aliphatic rings. The van der Waals surface area contributed by atoms with E-state index in [1.165, 1.54) is 0 Å². The highest BCUT2D eigenvalue weighted by Crippen LogP contribution is 2.34. The van der Waals surface area contributed by atoms with Gasteiger partial charge in [0.15, 0.2) is 5.16 Å². The van der Waals surface area contributed by atoms with Gasteiger partial charge in [-0.15, -0.1) is 0 Å². The Morgan fingerprint density at radius 1 is 1.40 bits per heavy atom. The van der Waals surface area contributed by atoms with Crippen LogP contribution in [0.1, 0.15) is 43.0 Å². The van der Waals surface area contributed by atoms with Gasteiger partial charge in [0.05, 0.1) is 11.7 Å². The van der Waals surface area contributed by atoms with Crippen LogP contribution in [0.3, 0.4) is 0 Å². The van der Waals surface area contributed by atoms with Crippen molar-refractivity contribution in [2.24, 2.45) is 0 Å². The van der Waals surface area contributed by atoms with E-state index in [-0.39, 0.29) is 17.5 Å². The number of amides is 1. The predicted octanol–water partition coefficient (Wildman–Crippen LogP) is 1.05. The lowest BCUT2D eigenvalue weighted by Crippen LogP contribution is -2.32. The van der Waals surface area contributed by atoms with E-state index < -0.39 is 0 Å². The third kappa shape index (κ3) is 2.06. The van der Waals surface area contributed by atoms with E-state index in [4.69, 9.17) is 0 Å². The van der Waals surface area contributed by atoms with Crippen LogP contribution in [0.2, 0.25) is 0 Å². The Balaban J connectivity index is 1.61. The van der Waals surface area contributed by atoms with Crippen LogP contribution in [0.25, 0.3) is 0 Å². The summed E-state index contributed by atoms with van der Waals surface area (Å²) in [6, 6.07) is 0.352. The van der Waals surface area contributed by atoms with E-state index in [2.05, 4.69) is 10.3 Å². The van der Waals surface area contributed by atoms with Crippen molar-refractivity contribution in [2.45, 2.75) is 55.8 Å². The molecule has 1 N–H and O–H groups in total. The van der Waals surface area contributed by atoms with Crippen LogP contribution in [0.5, 0.6) is 0 Å². The number of aromatic nitrogens is 2. The molecule has 0 spiro atoms. The second kappa shape index (κ2) is 4.62. The molecule has 106 valence electrons. The van der Waals surface area contributed by atoms with Gasteiger partial charge in [-0.3, -0.25) is 14.2 Å². The Bertz CT molecular complexity index is 636. The molecule has 4 rings (SSSR count). The van der Waals surface area contributed by atoms with E-state index in [9.17, 15) is 9.59 Å². The fourth-order valence-corrected chi connectivity index (χ4v) is 4.18. The van der Waals surface area contributed by atoms with E-state index in [1.54, 1.807) is 16.3 Å². The Labute approximate surface area is 121 Å². The van der Waals surface area contributed by atoms with Gasteiger partial charge in [0, 0.05) is 23.8 Å². The van der Waals surface area contributed by atoms with Crippen molar-refractivity contribution in [3.05, 3.63) is 21.6 Å². The zero-order valence-electron chi connectivity index (χ0n) is 11.2. The largest absolute Gasteiger partial charge is 0.353 e. The van der Waals surface area contributed by atoms with Crippen molar-refractivity contribution < 1.29 is 4.79 Å². The molecule has 5 nitrogen and oxygen atoms in total. The van der Waals surface area contributed by atoms with Gasteiger partial charge in [0.2, 0.25) is 5.91 Å². The maximum absolute atomic E-state index is 12.6. The standard InChI is InChI=1S/C14H17N3O2S/c18-12(15-8-4-5-8)6-9-7-20-14-16-11-3-1-2-10(11)13(19)17(9)14/h8-9H,1-7H2,(H,15,18). The highest BCUT2D eigenvalue weighted by Gasteiger charge is 2.32. The van der Waals surface area contributed by atoms with Crippen LogP contribution >= 0.6 is 11.8 Å². The number of thioether (sulfide) groups is 1. The molecule has 1 fully saturated rings. The molecule has 1 saturated carbocycles. The molecule has 2 aliphatic carbocycles. The van der Waals surface area contributed by atoms with Crippen molar-refractivity contribution in [2.75, 3.05) is 5.75 Å². The molecule has 1 amide bonds. The Kier molecular flexibility index (Phi) is 2.87. The van der Waals surface area contributed by atoms with Crippen molar-refractivity contribution in [3.8, 4) is 0 Å². The number of carbonyl (C=O) groups excluding carboxylic acids is 1. The van der Waals surface area contributed by atoms with Gasteiger partial charge in [-0.2, -0.15) is 0 Å². The average molecular weight is 291 g/mol. The maximum Gasteiger partial charge on any atom is 0.257 e. The van der Waals surface area contributed by atoms with E-state index in [0.29, 0.717) is 12.5 Å². The topological polar surface area (TPSA) is 64.0 Å². The Hall–Kier alpha value is -1.30. The van der Waals surface area contributed by atoms with E-state index >= 15 is 0 Å². The van der Waals surface area contributed by atoms with Gasteiger partial charge in [0.25, 0.3) is 5.56 Å². The number of carbonyl (C=O) groups is 1. The lowest BCUT2D eigenvalue weighted by atomic mass is 10.2. The van der Waals surface area contributed by atoms with Crippen molar-refractivity contribution >= 4 is 17.7 Å². The van der Waals surface area contributed by atoms with Gasteiger partial charge in [0.1, 0.15) is 0 Å². The first-order chi connectivity index (χ1) is 9.72. The van der Waals surface area contributed by atoms with Crippen LogP contribution in [-0.2, 0) is 17.6 Å². The summed E-state index contributed by atoms with van der Waals surface area (Å²) in [7, 11) is 0. The summed E-state index contributed by atoms with van der Waals surface area (Å²) in [5, 5.41) is 3.80. The van der Waals surface area contributed by atoms with Gasteiger partial charge >= 0.3 is 0 Å². The number of hydrogen-bond donors (Lipinski definition) is 1. The van der Waals surface area contributed by atoms with Crippen molar-refractivity contribution in [3.63, 3.8) is 0 Å². The first-order valence-corrected chi connectivity index (χ1v) is 8.27. The zero-order chi connectivity index (χ0) is 13.7. The SMILES string of the molecule is O=C(CC1CSc2nc3c(c(=O)n21)CCC3)NC1CC1. The summed E-state index contributed by atoms with van der Waals surface area (Å²) in [6.07, 6.45) is 5.38. The van der Waals surface area contributed by atoms with E-state index in [0.717, 1.165) is 54.3 Å². The summed E-state index contributed by atoms with van der Waals surface area (Å²) in [6.45, 7) is 0. The summed E-state index contributed by atoms with van der Waals surface area (Å²) in [5.74, 6) is 0.849. The van der Waals surface area contributed by atoms with Crippen molar-refractivity contribution in [1.29, 1.82) is 0 Å². The molecule has 0 radical (unpaired) electrons. The average Bonchev–Trinajstić information content (AvgIpc) is 2.95.